The van der Waals surface area contributed by atoms with E-state index in [1.165, 1.54) is 6.08 Å². The molecule has 1 aromatic heterocycles. The summed E-state index contributed by atoms with van der Waals surface area (Å²) in [6.07, 6.45) is 1.50. The fourth-order valence-electron chi connectivity index (χ4n) is 0.749. The Bertz CT molecular complexity index is 267. The van der Waals surface area contributed by atoms with Crippen molar-refractivity contribution >= 4 is 6.08 Å². The highest BCUT2D eigenvalue weighted by atomic mass is 16.4. The Labute approximate surface area is 71.5 Å². The van der Waals surface area contributed by atoms with Crippen LogP contribution in [0.4, 0.5) is 0 Å². The van der Waals surface area contributed by atoms with Crippen LogP contribution in [0.15, 0.2) is 11.0 Å². The van der Waals surface area contributed by atoms with Gasteiger partial charge in [0.05, 0.1) is 6.04 Å². The SMILES string of the molecule is C=Cc1nnc(C(N)C(C)C)o1. The molecule has 0 aliphatic heterocycles. The van der Waals surface area contributed by atoms with Gasteiger partial charge in [-0.15, -0.1) is 10.2 Å². The van der Waals surface area contributed by atoms with Crippen LogP contribution in [0.3, 0.4) is 0 Å². The number of aromatic nitrogens is 2. The maximum absolute atomic E-state index is 5.78. The van der Waals surface area contributed by atoms with Gasteiger partial charge in [-0.1, -0.05) is 20.4 Å². The van der Waals surface area contributed by atoms with Crippen LogP contribution < -0.4 is 5.73 Å². The van der Waals surface area contributed by atoms with Crippen molar-refractivity contribution in [3.05, 3.63) is 18.4 Å². The molecule has 0 aliphatic rings. The monoisotopic (exact) mass is 167 g/mol. The molecule has 0 saturated carbocycles. The molecule has 0 radical (unpaired) electrons. The average Bonchev–Trinajstić information content (AvgIpc) is 2.50. The number of hydrogen-bond donors (Lipinski definition) is 1. The molecule has 2 N–H and O–H groups in total. The van der Waals surface area contributed by atoms with Crippen LogP contribution in [0.2, 0.25) is 0 Å². The Morgan fingerprint density at radius 3 is 2.58 bits per heavy atom. The predicted molar refractivity (Wildman–Crippen MR) is 46.2 cm³/mol. The van der Waals surface area contributed by atoms with Gasteiger partial charge in [-0.2, -0.15) is 0 Å². The summed E-state index contributed by atoms with van der Waals surface area (Å²) >= 11 is 0. The van der Waals surface area contributed by atoms with Crippen molar-refractivity contribution in [2.24, 2.45) is 11.7 Å². The van der Waals surface area contributed by atoms with E-state index in [9.17, 15) is 0 Å². The quantitative estimate of drug-likeness (QED) is 0.738. The summed E-state index contributed by atoms with van der Waals surface area (Å²) in [7, 11) is 0. The fraction of sp³-hybridized carbons (Fsp3) is 0.500. The molecule has 12 heavy (non-hydrogen) atoms. The molecule has 0 aromatic carbocycles. The number of hydrogen-bond acceptors (Lipinski definition) is 4. The zero-order valence-corrected chi connectivity index (χ0v) is 7.32. The summed E-state index contributed by atoms with van der Waals surface area (Å²) in [5.74, 6) is 1.18. The molecule has 4 nitrogen and oxygen atoms in total. The maximum atomic E-state index is 5.78. The van der Waals surface area contributed by atoms with Gasteiger partial charge in [0.25, 0.3) is 0 Å². The molecule has 0 amide bonds. The number of nitrogens with two attached hydrogens (primary N) is 1. The molecule has 1 aromatic rings. The molecule has 4 heteroatoms. The summed E-state index contributed by atoms with van der Waals surface area (Å²) < 4.78 is 5.19. The second-order valence-corrected chi connectivity index (χ2v) is 2.95. The number of rotatable bonds is 3. The van der Waals surface area contributed by atoms with Crippen LogP contribution in [0, 0.1) is 5.92 Å². The third-order valence-corrected chi connectivity index (χ3v) is 1.63. The molecule has 0 bridgehead atoms. The number of nitrogens with zero attached hydrogens (tertiary/aromatic N) is 2. The highest BCUT2D eigenvalue weighted by Crippen LogP contribution is 2.17. The van der Waals surface area contributed by atoms with E-state index in [-0.39, 0.29) is 6.04 Å². The zero-order chi connectivity index (χ0) is 9.14. The minimum atomic E-state index is -0.189. The lowest BCUT2D eigenvalue weighted by Crippen LogP contribution is -2.16. The molecule has 0 aliphatic carbocycles. The Morgan fingerprint density at radius 1 is 1.50 bits per heavy atom. The molecule has 66 valence electrons. The van der Waals surface area contributed by atoms with Gasteiger partial charge in [0, 0.05) is 0 Å². The third-order valence-electron chi connectivity index (χ3n) is 1.63. The van der Waals surface area contributed by atoms with Gasteiger partial charge in [-0.25, -0.2) is 0 Å². The van der Waals surface area contributed by atoms with E-state index in [2.05, 4.69) is 16.8 Å². The van der Waals surface area contributed by atoms with Crippen molar-refractivity contribution in [3.63, 3.8) is 0 Å². The van der Waals surface area contributed by atoms with E-state index in [4.69, 9.17) is 10.2 Å². The molecule has 0 saturated heterocycles. The van der Waals surface area contributed by atoms with Crippen LogP contribution in [-0.4, -0.2) is 10.2 Å². The van der Waals surface area contributed by atoms with Gasteiger partial charge < -0.3 is 10.2 Å². The molecule has 0 spiro atoms. The minimum absolute atomic E-state index is 0.189. The topological polar surface area (TPSA) is 64.9 Å². The van der Waals surface area contributed by atoms with Gasteiger partial charge in [0.1, 0.15) is 0 Å². The lowest BCUT2D eigenvalue weighted by molar-refractivity contribution is 0.385. The van der Waals surface area contributed by atoms with Crippen molar-refractivity contribution < 1.29 is 4.42 Å². The summed E-state index contributed by atoms with van der Waals surface area (Å²) in [4.78, 5) is 0. The molecular weight excluding hydrogens is 154 g/mol. The Hall–Kier alpha value is -1.16. The van der Waals surface area contributed by atoms with Crippen molar-refractivity contribution in [1.29, 1.82) is 0 Å². The smallest absolute Gasteiger partial charge is 0.240 e. The molecule has 0 fully saturated rings. The summed E-state index contributed by atoms with van der Waals surface area (Å²) in [6.45, 7) is 7.52. The Kier molecular flexibility index (Phi) is 2.60. The predicted octanol–water partition coefficient (Wildman–Crippen LogP) is 1.37. The normalized spacial score (nSPS) is 13.3. The van der Waals surface area contributed by atoms with Gasteiger partial charge in [0.15, 0.2) is 0 Å². The van der Waals surface area contributed by atoms with Crippen molar-refractivity contribution in [1.82, 2.24) is 10.2 Å². The van der Waals surface area contributed by atoms with Gasteiger partial charge in [-0.3, -0.25) is 0 Å². The lowest BCUT2D eigenvalue weighted by Gasteiger charge is -2.09. The standard InChI is InChI=1S/C8H13N3O/c1-4-6-10-11-8(12-6)7(9)5(2)3/h4-5,7H,1,9H2,2-3H3. The maximum Gasteiger partial charge on any atom is 0.240 e. The minimum Gasteiger partial charge on any atom is -0.420 e. The highest BCUT2D eigenvalue weighted by Gasteiger charge is 2.16. The first-order valence-electron chi connectivity index (χ1n) is 3.86. The van der Waals surface area contributed by atoms with Crippen molar-refractivity contribution in [3.8, 4) is 0 Å². The molecule has 1 rings (SSSR count). The second-order valence-electron chi connectivity index (χ2n) is 2.95. The Morgan fingerprint density at radius 2 is 2.17 bits per heavy atom. The average molecular weight is 167 g/mol. The van der Waals surface area contributed by atoms with Crippen LogP contribution in [0.5, 0.6) is 0 Å². The largest absolute Gasteiger partial charge is 0.420 e. The van der Waals surface area contributed by atoms with E-state index in [0.717, 1.165) is 0 Å². The van der Waals surface area contributed by atoms with Crippen molar-refractivity contribution in [2.45, 2.75) is 19.9 Å². The zero-order valence-electron chi connectivity index (χ0n) is 7.32. The van der Waals surface area contributed by atoms with Crippen molar-refractivity contribution in [2.75, 3.05) is 0 Å². The first-order chi connectivity index (χ1) is 5.65. The summed E-state index contributed by atoms with van der Waals surface area (Å²) in [5, 5.41) is 7.52. The molecule has 1 heterocycles. The molecular formula is C8H13N3O. The first-order valence-corrected chi connectivity index (χ1v) is 3.86. The van der Waals surface area contributed by atoms with E-state index >= 15 is 0 Å². The molecule has 1 atom stereocenters. The van der Waals surface area contributed by atoms with Crippen LogP contribution in [0.1, 0.15) is 31.7 Å². The van der Waals surface area contributed by atoms with E-state index in [1.54, 1.807) is 0 Å². The van der Waals surface area contributed by atoms with Crippen LogP contribution in [0.25, 0.3) is 6.08 Å². The highest BCUT2D eigenvalue weighted by molar-refractivity contribution is 5.32. The van der Waals surface area contributed by atoms with E-state index in [1.807, 2.05) is 13.8 Å². The van der Waals surface area contributed by atoms with Gasteiger partial charge in [-0.05, 0) is 12.0 Å². The summed E-state index contributed by atoms with van der Waals surface area (Å²) in [5.41, 5.74) is 5.78. The van der Waals surface area contributed by atoms with E-state index in [0.29, 0.717) is 17.7 Å². The van der Waals surface area contributed by atoms with E-state index < -0.39 is 0 Å². The second kappa shape index (κ2) is 3.49. The fourth-order valence-corrected chi connectivity index (χ4v) is 0.749. The van der Waals surface area contributed by atoms with Crippen LogP contribution in [-0.2, 0) is 0 Å². The Balaban J connectivity index is 2.81. The van der Waals surface area contributed by atoms with Gasteiger partial charge >= 0.3 is 0 Å². The van der Waals surface area contributed by atoms with Crippen LogP contribution >= 0.6 is 0 Å². The molecule has 1 unspecified atom stereocenters. The first kappa shape index (κ1) is 8.93. The lowest BCUT2D eigenvalue weighted by atomic mass is 10.1. The van der Waals surface area contributed by atoms with Gasteiger partial charge in [0.2, 0.25) is 11.8 Å². The third kappa shape index (κ3) is 1.71. The summed E-state index contributed by atoms with van der Waals surface area (Å²) in [6, 6.07) is -0.189.